The van der Waals surface area contributed by atoms with E-state index in [4.69, 9.17) is 0 Å². The molecule has 5 heteroatoms. The number of aromatic hydroxyl groups is 2. The first-order valence-electron chi connectivity index (χ1n) is 13.2. The Kier molecular flexibility index (Phi) is 8.64. The van der Waals surface area contributed by atoms with Gasteiger partial charge < -0.3 is 10.2 Å². The maximum absolute atomic E-state index is 12.6. The maximum Gasteiger partial charge on any atom is 0.240 e. The fourth-order valence-corrected chi connectivity index (χ4v) is 4.23. The summed E-state index contributed by atoms with van der Waals surface area (Å²) >= 11 is 0. The largest absolute Gasteiger partial charge is 0.507 e. The van der Waals surface area contributed by atoms with Gasteiger partial charge in [0.1, 0.15) is 11.5 Å². The van der Waals surface area contributed by atoms with Crippen LogP contribution in [0.5, 0.6) is 11.5 Å². The molecular formula is C32H48N2O3. The van der Waals surface area contributed by atoms with Gasteiger partial charge in [0.05, 0.1) is 6.21 Å². The third-order valence-corrected chi connectivity index (χ3v) is 6.63. The summed E-state index contributed by atoms with van der Waals surface area (Å²) in [6.45, 7) is 25.1. The van der Waals surface area contributed by atoms with Gasteiger partial charge in [-0.3, -0.25) is 4.79 Å². The number of phenols is 2. The van der Waals surface area contributed by atoms with Crippen molar-refractivity contribution in [1.82, 2.24) is 5.43 Å². The van der Waals surface area contributed by atoms with Crippen LogP contribution in [-0.2, 0) is 32.9 Å². The zero-order valence-electron chi connectivity index (χ0n) is 25.1. The van der Waals surface area contributed by atoms with Crippen molar-refractivity contribution in [2.45, 2.75) is 118 Å². The molecule has 0 bridgehead atoms. The normalized spacial score (nSPS) is 13.3. The van der Waals surface area contributed by atoms with Crippen molar-refractivity contribution < 1.29 is 15.0 Å². The number of benzene rings is 2. The van der Waals surface area contributed by atoms with Gasteiger partial charge in [-0.25, -0.2) is 5.43 Å². The number of rotatable bonds is 5. The molecule has 3 N–H and O–H groups in total. The number of carbonyl (C=O) groups is 1. The Morgan fingerprint density at radius 3 is 1.62 bits per heavy atom. The maximum atomic E-state index is 12.6. The molecule has 204 valence electrons. The van der Waals surface area contributed by atoms with E-state index in [1.54, 1.807) is 0 Å². The number of carbonyl (C=O) groups excluding carboxylic acids is 1. The number of hydrogen-bond acceptors (Lipinski definition) is 4. The van der Waals surface area contributed by atoms with Crippen LogP contribution in [0, 0.1) is 0 Å². The molecule has 1 amide bonds. The molecule has 0 saturated carbocycles. The molecular weight excluding hydrogens is 460 g/mol. The Morgan fingerprint density at radius 1 is 0.730 bits per heavy atom. The number of nitrogens with one attached hydrogen (secondary N) is 1. The van der Waals surface area contributed by atoms with Gasteiger partial charge in [-0.15, -0.1) is 0 Å². The summed E-state index contributed by atoms with van der Waals surface area (Å²) in [5.41, 5.74) is 7.16. The fraction of sp³-hybridized carbons (Fsp3) is 0.562. The number of hydrazone groups is 1. The molecule has 0 aliphatic carbocycles. The van der Waals surface area contributed by atoms with Crippen LogP contribution < -0.4 is 5.43 Å². The topological polar surface area (TPSA) is 81.9 Å². The van der Waals surface area contributed by atoms with Crippen molar-refractivity contribution in [2.75, 3.05) is 0 Å². The molecule has 0 spiro atoms. The van der Waals surface area contributed by atoms with Crippen LogP contribution in [0.4, 0.5) is 0 Å². The average molecular weight is 509 g/mol. The second kappa shape index (κ2) is 10.5. The van der Waals surface area contributed by atoms with Crippen molar-refractivity contribution in [2.24, 2.45) is 5.10 Å². The van der Waals surface area contributed by atoms with Gasteiger partial charge in [0, 0.05) is 17.5 Å². The Balaban J connectivity index is 2.24. The second-order valence-electron chi connectivity index (χ2n) is 14.3. The summed E-state index contributed by atoms with van der Waals surface area (Å²) in [7, 11) is 0. The first-order valence-corrected chi connectivity index (χ1v) is 13.2. The molecule has 2 aromatic carbocycles. The zero-order valence-corrected chi connectivity index (χ0v) is 25.1. The molecule has 0 heterocycles. The predicted molar refractivity (Wildman–Crippen MR) is 155 cm³/mol. The highest BCUT2D eigenvalue weighted by Gasteiger charge is 2.27. The molecule has 5 nitrogen and oxygen atoms in total. The number of nitrogens with zero attached hydrogens (tertiary/aromatic N) is 1. The SMILES string of the molecule is CC(C)(C)c1cc(C=NNC(=O)CCc2cc(C(C)(C)C)c(O)c(C(C)(C)C)c2)c(O)c(C(C)(C)C)c1. The molecule has 0 aliphatic heterocycles. The van der Waals surface area contributed by atoms with E-state index >= 15 is 0 Å². The van der Waals surface area contributed by atoms with Crippen molar-refractivity contribution in [3.05, 3.63) is 57.6 Å². The van der Waals surface area contributed by atoms with Crippen LogP contribution in [0.15, 0.2) is 29.4 Å². The van der Waals surface area contributed by atoms with Gasteiger partial charge in [0.15, 0.2) is 0 Å². The molecule has 0 unspecified atom stereocenters. The first-order chi connectivity index (χ1) is 16.6. The van der Waals surface area contributed by atoms with Crippen LogP contribution in [0.2, 0.25) is 0 Å². The molecule has 0 radical (unpaired) electrons. The van der Waals surface area contributed by atoms with E-state index in [2.05, 4.69) is 99.7 Å². The predicted octanol–water partition coefficient (Wildman–Crippen LogP) is 7.37. The first kappa shape index (κ1) is 30.4. The van der Waals surface area contributed by atoms with E-state index in [0.717, 1.165) is 27.8 Å². The molecule has 0 aromatic heterocycles. The Morgan fingerprint density at radius 2 is 1.19 bits per heavy atom. The van der Waals surface area contributed by atoms with Crippen LogP contribution >= 0.6 is 0 Å². The van der Waals surface area contributed by atoms with E-state index < -0.39 is 0 Å². The van der Waals surface area contributed by atoms with Crippen molar-refractivity contribution in [3.63, 3.8) is 0 Å². The molecule has 0 aliphatic rings. The van der Waals surface area contributed by atoms with Gasteiger partial charge in [-0.1, -0.05) is 101 Å². The number of hydrogen-bond donors (Lipinski definition) is 3. The van der Waals surface area contributed by atoms with E-state index in [1.165, 1.54) is 6.21 Å². The Hall–Kier alpha value is -2.82. The summed E-state index contributed by atoms with van der Waals surface area (Å²) in [5.74, 6) is 0.318. The summed E-state index contributed by atoms with van der Waals surface area (Å²) in [4.78, 5) is 12.6. The van der Waals surface area contributed by atoms with Gasteiger partial charge in [0.25, 0.3) is 0 Å². The van der Waals surface area contributed by atoms with E-state index in [-0.39, 0.29) is 39.7 Å². The van der Waals surface area contributed by atoms with Crippen LogP contribution in [-0.4, -0.2) is 22.3 Å². The van der Waals surface area contributed by atoms with Gasteiger partial charge in [-0.2, -0.15) is 5.10 Å². The zero-order chi connectivity index (χ0) is 28.6. The Labute approximate surface area is 224 Å². The number of aryl methyl sites for hydroxylation is 1. The molecule has 2 rings (SSSR count). The molecule has 2 aromatic rings. The summed E-state index contributed by atoms with van der Waals surface area (Å²) in [6, 6.07) is 8.00. The monoisotopic (exact) mass is 508 g/mol. The van der Waals surface area contributed by atoms with Crippen LogP contribution in [0.3, 0.4) is 0 Å². The third-order valence-electron chi connectivity index (χ3n) is 6.63. The molecule has 0 saturated heterocycles. The highest BCUT2D eigenvalue weighted by atomic mass is 16.3. The van der Waals surface area contributed by atoms with E-state index in [0.29, 0.717) is 17.7 Å². The average Bonchev–Trinajstić information content (AvgIpc) is 2.70. The van der Waals surface area contributed by atoms with Gasteiger partial charge in [-0.05, 0) is 56.4 Å². The van der Waals surface area contributed by atoms with Gasteiger partial charge >= 0.3 is 0 Å². The standard InChI is InChI=1S/C32H48N2O3/c1-29(2,3)22-17-21(27(36)25(18-22)32(10,11)12)19-33-34-26(35)14-13-20-15-23(30(4,5)6)28(37)24(16-20)31(7,8)9/h15-19,36-37H,13-14H2,1-12H3,(H,34,35). The molecule has 0 fully saturated rings. The minimum absolute atomic E-state index is 0.0958. The van der Waals surface area contributed by atoms with Crippen molar-refractivity contribution in [1.29, 1.82) is 0 Å². The lowest BCUT2D eigenvalue weighted by molar-refractivity contribution is -0.121. The quantitative estimate of drug-likeness (QED) is 0.291. The highest BCUT2D eigenvalue weighted by molar-refractivity contribution is 5.86. The summed E-state index contributed by atoms with van der Waals surface area (Å²) in [6.07, 6.45) is 2.32. The number of phenolic OH excluding ortho intramolecular Hbond substituents is 2. The van der Waals surface area contributed by atoms with Gasteiger partial charge in [0.2, 0.25) is 5.91 Å². The fourth-order valence-electron chi connectivity index (χ4n) is 4.23. The van der Waals surface area contributed by atoms with Crippen LogP contribution in [0.25, 0.3) is 0 Å². The third kappa shape index (κ3) is 7.83. The Bertz CT molecular complexity index is 1130. The van der Waals surface area contributed by atoms with Crippen LogP contribution in [0.1, 0.15) is 123 Å². The minimum Gasteiger partial charge on any atom is -0.507 e. The van der Waals surface area contributed by atoms with Crippen molar-refractivity contribution in [3.8, 4) is 11.5 Å². The minimum atomic E-state index is -0.237. The lowest BCUT2D eigenvalue weighted by atomic mass is 9.78. The lowest BCUT2D eigenvalue weighted by Gasteiger charge is -2.28. The number of amides is 1. The van der Waals surface area contributed by atoms with E-state index in [9.17, 15) is 15.0 Å². The highest BCUT2D eigenvalue weighted by Crippen LogP contribution is 2.40. The summed E-state index contributed by atoms with van der Waals surface area (Å²) in [5, 5.41) is 26.0. The van der Waals surface area contributed by atoms with E-state index in [1.807, 2.05) is 18.2 Å². The lowest BCUT2D eigenvalue weighted by Crippen LogP contribution is -2.20. The van der Waals surface area contributed by atoms with Crippen molar-refractivity contribution >= 4 is 12.1 Å². The molecule has 0 atom stereocenters. The summed E-state index contributed by atoms with van der Waals surface area (Å²) < 4.78 is 0. The molecule has 37 heavy (non-hydrogen) atoms. The smallest absolute Gasteiger partial charge is 0.240 e. The second-order valence-corrected chi connectivity index (χ2v) is 14.3.